The lowest BCUT2D eigenvalue weighted by molar-refractivity contribution is 0.653. The first-order chi connectivity index (χ1) is 27.6. The Bertz CT molecular complexity index is 2760. The molecule has 0 radical (unpaired) electrons. The van der Waals surface area contributed by atoms with Gasteiger partial charge in [0.25, 0.3) is 0 Å². The largest absolute Gasteiger partial charge is 0.437 e. The molecule has 0 N–H and O–H groups in total. The van der Waals surface area contributed by atoms with Crippen LogP contribution in [0.1, 0.15) is 39.2 Å². The Kier molecular flexibility index (Phi) is 9.47. The fourth-order valence-corrected chi connectivity index (χ4v) is 6.79. The number of nitrogens with zero attached hydrogens (tertiary/aromatic N) is 4. The molecule has 0 atom stereocenters. The van der Waals surface area contributed by atoms with E-state index in [1.807, 2.05) is 80.1 Å². The van der Waals surface area contributed by atoms with Crippen molar-refractivity contribution < 1.29 is 4.42 Å². The van der Waals surface area contributed by atoms with Crippen LogP contribution in [-0.2, 0) is 0 Å². The molecule has 0 aliphatic heterocycles. The highest BCUT2D eigenvalue weighted by Crippen LogP contribution is 2.35. The number of aromatic nitrogens is 4. The van der Waals surface area contributed by atoms with E-state index in [0.717, 1.165) is 89.2 Å². The van der Waals surface area contributed by atoms with E-state index < -0.39 is 0 Å². The van der Waals surface area contributed by atoms with Crippen molar-refractivity contribution in [1.82, 2.24) is 19.9 Å². The lowest BCUT2D eigenvalue weighted by Crippen LogP contribution is -1.86. The van der Waals surface area contributed by atoms with E-state index in [1.54, 1.807) is 0 Å². The van der Waals surface area contributed by atoms with Crippen molar-refractivity contribution in [3.05, 3.63) is 203 Å². The molecule has 0 saturated carbocycles. The molecular formula is C51H36N4O. The Morgan fingerprint density at radius 1 is 0.429 bits per heavy atom. The molecule has 0 bridgehead atoms. The van der Waals surface area contributed by atoms with Gasteiger partial charge in [-0.2, -0.15) is 0 Å². The summed E-state index contributed by atoms with van der Waals surface area (Å²) in [6.07, 6.45) is 18.4. The van der Waals surface area contributed by atoms with Crippen LogP contribution in [0.3, 0.4) is 0 Å². The van der Waals surface area contributed by atoms with Crippen molar-refractivity contribution in [2.24, 2.45) is 0 Å². The fraction of sp³-hybridized carbons (Fsp3) is 0.0196. The number of rotatable bonds is 9. The zero-order valence-corrected chi connectivity index (χ0v) is 30.7. The van der Waals surface area contributed by atoms with E-state index in [0.29, 0.717) is 5.71 Å². The molecule has 9 aromatic rings. The van der Waals surface area contributed by atoms with Gasteiger partial charge in [-0.05, 0) is 89.3 Å². The van der Waals surface area contributed by atoms with Gasteiger partial charge >= 0.3 is 0 Å². The molecule has 0 unspecified atom stereocenters. The number of pyridine rings is 4. The Hall–Kier alpha value is -7.50. The molecule has 5 aromatic heterocycles. The zero-order chi connectivity index (χ0) is 37.7. The molecule has 5 nitrogen and oxygen atoms in total. The second kappa shape index (κ2) is 15.5. The Morgan fingerprint density at radius 2 is 1.02 bits per heavy atom. The van der Waals surface area contributed by atoms with Gasteiger partial charge in [-0.15, -0.1) is 0 Å². The molecule has 56 heavy (non-hydrogen) atoms. The minimum atomic E-state index is 0.654. The number of furan rings is 1. The van der Waals surface area contributed by atoms with Crippen molar-refractivity contribution in [1.29, 1.82) is 0 Å². The Labute approximate surface area is 325 Å². The van der Waals surface area contributed by atoms with Gasteiger partial charge in [-0.25, -0.2) is 4.98 Å². The van der Waals surface area contributed by atoms with Crippen LogP contribution in [0, 0.1) is 6.92 Å². The zero-order valence-electron chi connectivity index (χ0n) is 30.7. The fourth-order valence-electron chi connectivity index (χ4n) is 6.79. The summed E-state index contributed by atoms with van der Waals surface area (Å²) in [6, 6.07) is 49.8. The first-order valence-corrected chi connectivity index (χ1v) is 18.6. The third-order valence-corrected chi connectivity index (χ3v) is 9.70. The first kappa shape index (κ1) is 34.3. The maximum absolute atomic E-state index is 6.25. The molecule has 0 amide bonds. The molecule has 4 aromatic carbocycles. The number of hydrogen-bond acceptors (Lipinski definition) is 5. The standard InChI is InChI=1S/C51H36N4O/c1-35-15-26-47-46-14-8-13-45(50(46)56-51(47)55-35)43-23-25-44(52-34-43)24-20-40-30-38(18-16-36-21-27-48(53-32-36)41-9-4-2-5-10-41)29-39(31-40)19-17-37-22-28-49(54-33-37)42-11-6-3-7-12-42/h2-34H,1H3/b18-16-,19-17-,24-20-. The lowest BCUT2D eigenvalue weighted by atomic mass is 10.0. The molecule has 0 spiro atoms. The first-order valence-electron chi connectivity index (χ1n) is 18.6. The van der Waals surface area contributed by atoms with Gasteiger partial charge in [0, 0.05) is 57.3 Å². The molecule has 0 aliphatic carbocycles. The number of fused-ring (bicyclic) bond motifs is 3. The number of benzene rings is 4. The number of hydrogen-bond donors (Lipinski definition) is 0. The summed E-state index contributed by atoms with van der Waals surface area (Å²) in [6.45, 7) is 1.97. The van der Waals surface area contributed by atoms with Gasteiger partial charge in [0.1, 0.15) is 5.58 Å². The van der Waals surface area contributed by atoms with E-state index >= 15 is 0 Å². The van der Waals surface area contributed by atoms with E-state index in [1.165, 1.54) is 0 Å². The van der Waals surface area contributed by atoms with Crippen molar-refractivity contribution in [2.45, 2.75) is 6.92 Å². The normalized spacial score (nSPS) is 11.8. The molecule has 5 heteroatoms. The van der Waals surface area contributed by atoms with Crippen LogP contribution in [0.15, 0.2) is 169 Å². The van der Waals surface area contributed by atoms with Crippen LogP contribution in [-0.4, -0.2) is 19.9 Å². The maximum Gasteiger partial charge on any atom is 0.227 e. The smallest absolute Gasteiger partial charge is 0.227 e. The summed E-state index contributed by atoms with van der Waals surface area (Å²) in [4.78, 5) is 18.8. The maximum atomic E-state index is 6.25. The van der Waals surface area contributed by atoms with E-state index in [9.17, 15) is 0 Å². The molecule has 0 fully saturated rings. The Balaban J connectivity index is 0.988. The minimum Gasteiger partial charge on any atom is -0.437 e. The van der Waals surface area contributed by atoms with Crippen LogP contribution in [0.5, 0.6) is 0 Å². The van der Waals surface area contributed by atoms with Gasteiger partial charge < -0.3 is 4.42 Å². The van der Waals surface area contributed by atoms with Gasteiger partial charge in [-0.3, -0.25) is 15.0 Å². The van der Waals surface area contributed by atoms with Crippen LogP contribution < -0.4 is 0 Å². The average molecular weight is 721 g/mol. The molecule has 0 aliphatic rings. The second-order valence-corrected chi connectivity index (χ2v) is 13.7. The topological polar surface area (TPSA) is 64.7 Å². The van der Waals surface area contributed by atoms with Gasteiger partial charge in [-0.1, -0.05) is 127 Å². The minimum absolute atomic E-state index is 0.654. The molecular weight excluding hydrogens is 685 g/mol. The summed E-state index contributed by atoms with van der Waals surface area (Å²) in [5.74, 6) is 0. The SMILES string of the molecule is Cc1ccc2c(n1)oc1c(-c3ccc(/C=C\c4cc(/C=C\c5ccc(-c6ccccc6)nc5)cc(/C=C\c5ccc(-c6ccccc6)nc5)c4)nc3)cccc12. The summed E-state index contributed by atoms with van der Waals surface area (Å²) >= 11 is 0. The highest BCUT2D eigenvalue weighted by molar-refractivity contribution is 6.08. The highest BCUT2D eigenvalue weighted by atomic mass is 16.3. The van der Waals surface area contributed by atoms with Crippen molar-refractivity contribution in [3.8, 4) is 33.6 Å². The van der Waals surface area contributed by atoms with Crippen LogP contribution >= 0.6 is 0 Å². The van der Waals surface area contributed by atoms with Crippen LogP contribution in [0.2, 0.25) is 0 Å². The van der Waals surface area contributed by atoms with E-state index in [4.69, 9.17) is 19.4 Å². The molecule has 9 rings (SSSR count). The number of para-hydroxylation sites is 1. The predicted octanol–water partition coefficient (Wildman–Crippen LogP) is 13.0. The van der Waals surface area contributed by atoms with Gasteiger partial charge in [0.2, 0.25) is 5.71 Å². The molecule has 5 heterocycles. The summed E-state index contributed by atoms with van der Waals surface area (Å²) in [7, 11) is 0. The summed E-state index contributed by atoms with van der Waals surface area (Å²) < 4.78 is 6.25. The van der Waals surface area contributed by atoms with Gasteiger partial charge in [0.05, 0.1) is 17.1 Å². The molecule has 0 saturated heterocycles. The van der Waals surface area contributed by atoms with Crippen molar-refractivity contribution in [2.75, 3.05) is 0 Å². The average Bonchev–Trinajstić information content (AvgIpc) is 3.63. The van der Waals surface area contributed by atoms with Crippen LogP contribution in [0.4, 0.5) is 0 Å². The van der Waals surface area contributed by atoms with E-state index in [-0.39, 0.29) is 0 Å². The predicted molar refractivity (Wildman–Crippen MR) is 232 cm³/mol. The highest BCUT2D eigenvalue weighted by Gasteiger charge is 2.13. The quantitative estimate of drug-likeness (QED) is 0.149. The van der Waals surface area contributed by atoms with Gasteiger partial charge in [0.15, 0.2) is 0 Å². The van der Waals surface area contributed by atoms with Crippen molar-refractivity contribution >= 4 is 58.5 Å². The Morgan fingerprint density at radius 3 is 1.57 bits per heavy atom. The molecule has 266 valence electrons. The summed E-state index contributed by atoms with van der Waals surface area (Å²) in [5.41, 5.74) is 14.6. The lowest BCUT2D eigenvalue weighted by Gasteiger charge is -2.05. The monoisotopic (exact) mass is 720 g/mol. The summed E-state index contributed by atoms with van der Waals surface area (Å²) in [5, 5.41) is 2.06. The van der Waals surface area contributed by atoms with E-state index in [2.05, 4.69) is 132 Å². The van der Waals surface area contributed by atoms with Crippen molar-refractivity contribution in [3.63, 3.8) is 0 Å². The third kappa shape index (κ3) is 7.61. The number of aryl methyl sites for hydroxylation is 1. The van der Waals surface area contributed by atoms with Crippen LogP contribution in [0.25, 0.3) is 92.2 Å². The third-order valence-electron chi connectivity index (χ3n) is 9.70. The second-order valence-electron chi connectivity index (χ2n) is 13.7.